The fourth-order valence-electron chi connectivity index (χ4n) is 1.06. The van der Waals surface area contributed by atoms with E-state index < -0.39 is 12.1 Å². The second-order valence-electron chi connectivity index (χ2n) is 2.98. The summed E-state index contributed by atoms with van der Waals surface area (Å²) in [4.78, 5) is 15.1. The van der Waals surface area contributed by atoms with Crippen molar-refractivity contribution < 1.29 is 14.3 Å². The van der Waals surface area contributed by atoms with Gasteiger partial charge in [-0.3, -0.25) is 0 Å². The summed E-state index contributed by atoms with van der Waals surface area (Å²) >= 11 is 11.4. The molecule has 4 nitrogen and oxygen atoms in total. The third kappa shape index (κ3) is 3.25. The highest BCUT2D eigenvalue weighted by atomic mass is 35.5. The SMILES string of the molecule is CCC(Oc1cnc(Cl)c(Cl)c1)C(=O)OC. The van der Waals surface area contributed by atoms with Gasteiger partial charge in [-0.25, -0.2) is 9.78 Å². The summed E-state index contributed by atoms with van der Waals surface area (Å²) in [5.41, 5.74) is 0. The summed E-state index contributed by atoms with van der Waals surface area (Å²) < 4.78 is 9.96. The lowest BCUT2D eigenvalue weighted by Gasteiger charge is -2.14. The zero-order valence-electron chi connectivity index (χ0n) is 8.87. The zero-order chi connectivity index (χ0) is 12.1. The Morgan fingerprint density at radius 1 is 1.56 bits per heavy atom. The first-order valence-corrected chi connectivity index (χ1v) is 5.39. The lowest BCUT2D eigenvalue weighted by molar-refractivity contribution is -0.148. The molecule has 0 saturated carbocycles. The van der Waals surface area contributed by atoms with E-state index in [0.717, 1.165) is 0 Å². The van der Waals surface area contributed by atoms with E-state index in [1.807, 2.05) is 6.92 Å². The molecule has 1 aromatic heterocycles. The molecule has 0 aliphatic heterocycles. The Bertz CT molecular complexity index is 384. The number of nitrogens with zero attached hydrogens (tertiary/aromatic N) is 1. The molecule has 0 saturated heterocycles. The van der Waals surface area contributed by atoms with Gasteiger partial charge in [0.25, 0.3) is 0 Å². The summed E-state index contributed by atoms with van der Waals surface area (Å²) in [5, 5.41) is 0.471. The smallest absolute Gasteiger partial charge is 0.347 e. The Balaban J connectivity index is 2.78. The molecule has 0 aliphatic carbocycles. The standard InChI is InChI=1S/C10H11Cl2NO3/c1-3-8(10(14)15-2)16-6-4-7(11)9(12)13-5-6/h4-5,8H,3H2,1-2H3. The molecule has 6 heteroatoms. The normalized spacial score (nSPS) is 12.0. The first-order valence-electron chi connectivity index (χ1n) is 4.64. The fourth-order valence-corrected chi connectivity index (χ4v) is 1.32. The van der Waals surface area contributed by atoms with Crippen molar-refractivity contribution in [2.45, 2.75) is 19.4 Å². The van der Waals surface area contributed by atoms with Crippen molar-refractivity contribution in [2.75, 3.05) is 7.11 Å². The number of hydrogen-bond acceptors (Lipinski definition) is 4. The Hall–Kier alpha value is -1.00. The lowest BCUT2D eigenvalue weighted by atomic mass is 10.3. The van der Waals surface area contributed by atoms with E-state index in [1.165, 1.54) is 19.4 Å². The molecule has 88 valence electrons. The van der Waals surface area contributed by atoms with Gasteiger partial charge < -0.3 is 9.47 Å². The van der Waals surface area contributed by atoms with Crippen LogP contribution in [0.3, 0.4) is 0 Å². The molecule has 0 N–H and O–H groups in total. The van der Waals surface area contributed by atoms with E-state index in [9.17, 15) is 4.79 Å². The van der Waals surface area contributed by atoms with Gasteiger partial charge in [-0.15, -0.1) is 0 Å². The van der Waals surface area contributed by atoms with Crippen LogP contribution in [-0.2, 0) is 9.53 Å². The molecule has 0 fully saturated rings. The van der Waals surface area contributed by atoms with Crippen LogP contribution in [0, 0.1) is 0 Å². The number of methoxy groups -OCH3 is 1. The van der Waals surface area contributed by atoms with E-state index >= 15 is 0 Å². The van der Waals surface area contributed by atoms with Crippen LogP contribution in [0.25, 0.3) is 0 Å². The van der Waals surface area contributed by atoms with Gasteiger partial charge in [0.1, 0.15) is 10.9 Å². The second-order valence-corrected chi connectivity index (χ2v) is 3.75. The molecule has 0 spiro atoms. The molecule has 1 heterocycles. The Morgan fingerprint density at radius 2 is 2.25 bits per heavy atom. The number of pyridine rings is 1. The van der Waals surface area contributed by atoms with E-state index in [4.69, 9.17) is 27.9 Å². The number of aromatic nitrogens is 1. The minimum absolute atomic E-state index is 0.195. The molecule has 0 bridgehead atoms. The van der Waals surface area contributed by atoms with Gasteiger partial charge in [0, 0.05) is 6.07 Å². The predicted octanol–water partition coefficient (Wildman–Crippen LogP) is 2.72. The quantitative estimate of drug-likeness (QED) is 0.619. The molecular formula is C10H11Cl2NO3. The van der Waals surface area contributed by atoms with Crippen molar-refractivity contribution in [3.8, 4) is 5.75 Å². The summed E-state index contributed by atoms with van der Waals surface area (Å²) in [6.07, 6.45) is 1.23. The number of halogens is 2. The number of ether oxygens (including phenoxy) is 2. The minimum Gasteiger partial charge on any atom is -0.477 e. The van der Waals surface area contributed by atoms with Crippen LogP contribution in [-0.4, -0.2) is 24.2 Å². The number of carbonyl (C=O) groups is 1. The third-order valence-electron chi connectivity index (χ3n) is 1.88. The van der Waals surface area contributed by atoms with Gasteiger partial charge >= 0.3 is 5.97 Å². The van der Waals surface area contributed by atoms with Crippen LogP contribution < -0.4 is 4.74 Å². The summed E-state index contributed by atoms with van der Waals surface area (Å²) in [6, 6.07) is 1.50. The van der Waals surface area contributed by atoms with Crippen LogP contribution in [0.2, 0.25) is 10.2 Å². The van der Waals surface area contributed by atoms with Crippen molar-refractivity contribution in [1.82, 2.24) is 4.98 Å². The Morgan fingerprint density at radius 3 is 2.75 bits per heavy atom. The number of rotatable bonds is 4. The van der Waals surface area contributed by atoms with Gasteiger partial charge in [0.2, 0.25) is 0 Å². The first-order chi connectivity index (χ1) is 7.58. The van der Waals surface area contributed by atoms with Crippen LogP contribution in [0.1, 0.15) is 13.3 Å². The van der Waals surface area contributed by atoms with Crippen LogP contribution >= 0.6 is 23.2 Å². The highest BCUT2D eigenvalue weighted by molar-refractivity contribution is 6.41. The first kappa shape index (κ1) is 13.1. The maximum Gasteiger partial charge on any atom is 0.347 e. The number of hydrogen-bond donors (Lipinski definition) is 0. The average molecular weight is 264 g/mol. The highest BCUT2D eigenvalue weighted by Gasteiger charge is 2.19. The predicted molar refractivity (Wildman–Crippen MR) is 61.0 cm³/mol. The average Bonchev–Trinajstić information content (AvgIpc) is 2.29. The summed E-state index contributed by atoms with van der Waals surface area (Å²) in [7, 11) is 1.31. The van der Waals surface area contributed by atoms with Crippen molar-refractivity contribution in [2.24, 2.45) is 0 Å². The number of carbonyl (C=O) groups excluding carboxylic acids is 1. The number of esters is 1. The monoisotopic (exact) mass is 263 g/mol. The molecular weight excluding hydrogens is 253 g/mol. The van der Waals surface area contributed by atoms with Gasteiger partial charge in [-0.1, -0.05) is 30.1 Å². The van der Waals surface area contributed by atoms with Crippen LogP contribution in [0.5, 0.6) is 5.75 Å². The largest absolute Gasteiger partial charge is 0.477 e. The second kappa shape index (κ2) is 5.92. The highest BCUT2D eigenvalue weighted by Crippen LogP contribution is 2.24. The van der Waals surface area contributed by atoms with Crippen LogP contribution in [0.15, 0.2) is 12.3 Å². The Labute approximate surface area is 103 Å². The van der Waals surface area contributed by atoms with Gasteiger partial charge in [0.15, 0.2) is 6.10 Å². The maximum absolute atomic E-state index is 11.3. The molecule has 0 radical (unpaired) electrons. The van der Waals surface area contributed by atoms with E-state index in [-0.39, 0.29) is 10.2 Å². The van der Waals surface area contributed by atoms with Gasteiger partial charge in [-0.05, 0) is 6.42 Å². The van der Waals surface area contributed by atoms with Gasteiger partial charge in [0.05, 0.1) is 18.3 Å². The maximum atomic E-state index is 11.3. The molecule has 1 aromatic rings. The molecule has 0 amide bonds. The zero-order valence-corrected chi connectivity index (χ0v) is 10.4. The summed E-state index contributed by atoms with van der Waals surface area (Å²) in [6.45, 7) is 1.81. The molecule has 1 rings (SSSR count). The van der Waals surface area contributed by atoms with Crippen LogP contribution in [0.4, 0.5) is 0 Å². The van der Waals surface area contributed by atoms with E-state index in [1.54, 1.807) is 0 Å². The molecule has 1 atom stereocenters. The van der Waals surface area contributed by atoms with E-state index in [2.05, 4.69) is 9.72 Å². The molecule has 1 unspecified atom stereocenters. The van der Waals surface area contributed by atoms with Crippen molar-refractivity contribution >= 4 is 29.2 Å². The minimum atomic E-state index is -0.663. The third-order valence-corrected chi connectivity index (χ3v) is 2.57. The van der Waals surface area contributed by atoms with Crippen molar-refractivity contribution in [3.63, 3.8) is 0 Å². The fraction of sp³-hybridized carbons (Fsp3) is 0.400. The Kier molecular flexibility index (Phi) is 4.83. The summed E-state index contributed by atoms with van der Waals surface area (Å²) in [5.74, 6) is -0.0553. The molecule has 0 aromatic carbocycles. The van der Waals surface area contributed by atoms with Crippen molar-refractivity contribution in [3.05, 3.63) is 22.4 Å². The topological polar surface area (TPSA) is 48.4 Å². The van der Waals surface area contributed by atoms with Gasteiger partial charge in [-0.2, -0.15) is 0 Å². The van der Waals surface area contributed by atoms with Crippen molar-refractivity contribution in [1.29, 1.82) is 0 Å². The molecule has 0 aliphatic rings. The van der Waals surface area contributed by atoms with E-state index in [0.29, 0.717) is 12.2 Å². The lowest BCUT2D eigenvalue weighted by Crippen LogP contribution is -2.27. The molecule has 16 heavy (non-hydrogen) atoms.